The molecule has 12 nitrogen and oxygen atoms in total. The third-order valence-electron chi connectivity index (χ3n) is 2.52. The predicted octanol–water partition coefficient (Wildman–Crippen LogP) is -16.0. The van der Waals surface area contributed by atoms with E-state index in [1.54, 1.807) is 0 Å². The van der Waals surface area contributed by atoms with Gasteiger partial charge in [0.25, 0.3) is 0 Å². The average Bonchev–Trinajstić information content (AvgIpc) is 2.40. The van der Waals surface area contributed by atoms with E-state index in [1.807, 2.05) is 0 Å². The number of carboxylic acid groups (broad SMARTS) is 4. The van der Waals surface area contributed by atoms with Crippen LogP contribution in [0.15, 0.2) is 0 Å². The topological polar surface area (TPSA) is 214 Å². The SMILES string of the molecule is O=C(O)C(O)C(NCCNC(C(=O)O)C(O)C(=O)O)C(=O)O.[Na+].[Na+].[Na+].[Na+]. The molecule has 4 unspecified atom stereocenters. The molecule has 4 atom stereocenters. The van der Waals surface area contributed by atoms with Gasteiger partial charge in [-0.2, -0.15) is 0 Å². The van der Waals surface area contributed by atoms with Crippen LogP contribution in [0, 0.1) is 0 Å². The molecule has 0 radical (unpaired) electrons. The fourth-order valence-electron chi connectivity index (χ4n) is 1.41. The molecule has 0 bridgehead atoms. The van der Waals surface area contributed by atoms with Crippen LogP contribution >= 0.6 is 0 Å². The molecule has 0 amide bonds. The number of aliphatic carboxylic acids is 4. The summed E-state index contributed by atoms with van der Waals surface area (Å²) in [5.74, 6) is -6.82. The summed E-state index contributed by atoms with van der Waals surface area (Å²) < 4.78 is 0. The summed E-state index contributed by atoms with van der Waals surface area (Å²) in [5.41, 5.74) is 0. The van der Waals surface area contributed by atoms with Gasteiger partial charge < -0.3 is 41.3 Å². The van der Waals surface area contributed by atoms with Crippen molar-refractivity contribution in [2.45, 2.75) is 24.3 Å². The number of carbonyl (C=O) groups is 4. The van der Waals surface area contributed by atoms with Crippen LogP contribution in [0.4, 0.5) is 0 Å². The van der Waals surface area contributed by atoms with Crippen molar-refractivity contribution in [1.29, 1.82) is 0 Å². The third-order valence-corrected chi connectivity index (χ3v) is 2.52. The van der Waals surface area contributed by atoms with Gasteiger partial charge in [0.05, 0.1) is 0 Å². The van der Waals surface area contributed by atoms with Crippen LogP contribution in [0.25, 0.3) is 0 Å². The van der Waals surface area contributed by atoms with Gasteiger partial charge in [-0.15, -0.1) is 0 Å². The van der Waals surface area contributed by atoms with E-state index in [0.717, 1.165) is 0 Å². The van der Waals surface area contributed by atoms with Gasteiger partial charge in [-0.25, -0.2) is 9.59 Å². The number of hydrogen-bond acceptors (Lipinski definition) is 8. The minimum Gasteiger partial charge on any atom is -0.480 e. The Morgan fingerprint density at radius 3 is 0.962 bits per heavy atom. The largest absolute Gasteiger partial charge is 1.00 e. The summed E-state index contributed by atoms with van der Waals surface area (Å²) in [7, 11) is 0. The number of aliphatic hydroxyl groups excluding tert-OH is 2. The molecule has 0 heterocycles. The number of carboxylic acids is 4. The number of nitrogens with one attached hydrogen (secondary N) is 2. The van der Waals surface area contributed by atoms with Gasteiger partial charge in [-0.3, -0.25) is 9.59 Å². The van der Waals surface area contributed by atoms with Gasteiger partial charge in [0.2, 0.25) is 0 Å². The standard InChI is InChI=1S/C10H16N2O10.4Na/c13-5(9(19)20)3(7(15)16)11-1-2-12-4(8(17)18)6(14)10(21)22;;;;/h3-6,11-14H,1-2H2,(H,15,16)(H,17,18)(H,19,20)(H,21,22);;;;/q;4*+1. The minimum absolute atomic E-state index is 0. The van der Waals surface area contributed by atoms with Crippen molar-refractivity contribution >= 4 is 23.9 Å². The zero-order chi connectivity index (χ0) is 17.4. The van der Waals surface area contributed by atoms with E-state index >= 15 is 0 Å². The Morgan fingerprint density at radius 1 is 0.577 bits per heavy atom. The van der Waals surface area contributed by atoms with E-state index in [2.05, 4.69) is 10.6 Å². The first-order valence-corrected chi connectivity index (χ1v) is 5.83. The molecular weight excluding hydrogens is 400 g/mol. The van der Waals surface area contributed by atoms with Gasteiger partial charge in [0.15, 0.2) is 12.2 Å². The molecule has 0 aromatic rings. The van der Waals surface area contributed by atoms with E-state index in [-0.39, 0.29) is 131 Å². The van der Waals surface area contributed by atoms with E-state index in [4.69, 9.17) is 30.6 Å². The van der Waals surface area contributed by atoms with Crippen molar-refractivity contribution in [3.8, 4) is 0 Å². The molecule has 8 N–H and O–H groups in total. The third kappa shape index (κ3) is 14.7. The van der Waals surface area contributed by atoms with Crippen LogP contribution < -0.4 is 129 Å². The van der Waals surface area contributed by atoms with E-state index in [0.29, 0.717) is 0 Å². The Kier molecular flexibility index (Phi) is 29.5. The predicted molar refractivity (Wildman–Crippen MR) is 66.1 cm³/mol. The maximum absolute atomic E-state index is 10.8. The average molecular weight is 416 g/mol. The van der Waals surface area contributed by atoms with Crippen LogP contribution in [0.2, 0.25) is 0 Å². The van der Waals surface area contributed by atoms with E-state index < -0.39 is 48.2 Å². The summed E-state index contributed by atoms with van der Waals surface area (Å²) >= 11 is 0. The van der Waals surface area contributed by atoms with Gasteiger partial charge in [-0.05, 0) is 0 Å². The second-order valence-corrected chi connectivity index (χ2v) is 4.11. The Balaban J connectivity index is -0.000000367. The van der Waals surface area contributed by atoms with E-state index in [9.17, 15) is 19.2 Å². The zero-order valence-corrected chi connectivity index (χ0v) is 23.0. The number of rotatable bonds is 11. The molecule has 0 saturated carbocycles. The molecule has 0 aliphatic rings. The molecule has 0 rings (SSSR count). The maximum Gasteiger partial charge on any atom is 1.00 e. The normalized spacial score (nSPS) is 13.8. The number of hydrogen-bond donors (Lipinski definition) is 8. The monoisotopic (exact) mass is 416 g/mol. The molecule has 126 valence electrons. The van der Waals surface area contributed by atoms with Crippen LogP contribution in [-0.2, 0) is 19.2 Å². The van der Waals surface area contributed by atoms with Crippen molar-refractivity contribution in [3.63, 3.8) is 0 Å². The molecule has 0 aromatic heterocycles. The first-order valence-electron chi connectivity index (χ1n) is 5.83. The Morgan fingerprint density at radius 2 is 0.808 bits per heavy atom. The van der Waals surface area contributed by atoms with Gasteiger partial charge in [-0.1, -0.05) is 0 Å². The molecule has 0 aliphatic heterocycles. The summed E-state index contributed by atoms with van der Waals surface area (Å²) in [6.45, 7) is -0.616. The van der Waals surface area contributed by atoms with Crippen LogP contribution in [0.1, 0.15) is 0 Å². The molecular formula is C10H16N2Na4O10+4. The zero-order valence-electron chi connectivity index (χ0n) is 15.0. The molecule has 0 saturated heterocycles. The molecule has 16 heteroatoms. The second-order valence-electron chi connectivity index (χ2n) is 4.11. The number of aliphatic hydroxyl groups is 2. The fourth-order valence-corrected chi connectivity index (χ4v) is 1.41. The first kappa shape index (κ1) is 38.3. The quantitative estimate of drug-likeness (QED) is 0.116. The second kappa shape index (κ2) is 20.0. The van der Waals surface area contributed by atoms with Crippen LogP contribution in [0.3, 0.4) is 0 Å². The Hall–Kier alpha value is 1.72. The summed E-state index contributed by atoms with van der Waals surface area (Å²) in [5, 5.41) is 57.1. The van der Waals surface area contributed by atoms with Crippen molar-refractivity contribution in [3.05, 3.63) is 0 Å². The molecule has 0 aliphatic carbocycles. The first-order chi connectivity index (χ1) is 10.1. The molecule has 0 spiro atoms. The molecule has 0 aromatic carbocycles. The summed E-state index contributed by atoms with van der Waals surface area (Å²) in [6, 6.07) is -3.68. The van der Waals surface area contributed by atoms with E-state index in [1.165, 1.54) is 0 Å². The van der Waals surface area contributed by atoms with Crippen molar-refractivity contribution in [2.24, 2.45) is 0 Å². The van der Waals surface area contributed by atoms with Gasteiger partial charge >= 0.3 is 142 Å². The summed E-state index contributed by atoms with van der Waals surface area (Å²) in [6.07, 6.45) is -4.45. The smallest absolute Gasteiger partial charge is 0.480 e. The summed E-state index contributed by atoms with van der Waals surface area (Å²) in [4.78, 5) is 42.5. The van der Waals surface area contributed by atoms with Gasteiger partial charge in [0, 0.05) is 13.1 Å². The maximum atomic E-state index is 10.8. The Labute approximate surface area is 236 Å². The van der Waals surface area contributed by atoms with Gasteiger partial charge in [0.1, 0.15) is 12.1 Å². The van der Waals surface area contributed by atoms with Crippen LogP contribution in [-0.4, -0.2) is 91.9 Å². The van der Waals surface area contributed by atoms with Crippen molar-refractivity contribution in [1.82, 2.24) is 10.6 Å². The van der Waals surface area contributed by atoms with Crippen LogP contribution in [0.5, 0.6) is 0 Å². The minimum atomic E-state index is -2.22. The Bertz CT molecular complexity index is 416. The fraction of sp³-hybridized carbons (Fsp3) is 0.600. The van der Waals surface area contributed by atoms with Crippen molar-refractivity contribution < 1.29 is 168 Å². The molecule has 0 fully saturated rings. The van der Waals surface area contributed by atoms with Crippen molar-refractivity contribution in [2.75, 3.05) is 13.1 Å². The molecule has 26 heavy (non-hydrogen) atoms.